The maximum atomic E-state index is 12.6. The molecule has 6 heteroatoms. The van der Waals surface area contributed by atoms with Crippen LogP contribution in [0.25, 0.3) is 0 Å². The molecule has 0 atom stereocenters. The molecular formula is C23H27N5O. The van der Waals surface area contributed by atoms with E-state index in [0.717, 1.165) is 41.3 Å². The van der Waals surface area contributed by atoms with Crippen LogP contribution >= 0.6 is 0 Å². The molecule has 29 heavy (non-hydrogen) atoms. The van der Waals surface area contributed by atoms with Gasteiger partial charge < -0.3 is 15.5 Å². The van der Waals surface area contributed by atoms with Crippen molar-refractivity contribution >= 4 is 28.9 Å². The number of aryl methyl sites for hydroxylation is 2. The van der Waals surface area contributed by atoms with Crippen LogP contribution in [0.5, 0.6) is 0 Å². The SMILES string of the molecule is CCN(CC)c1ccc(NC(=O)c2ccnc(Nc3c(C)cccc3C)n2)cc1. The van der Waals surface area contributed by atoms with Crippen molar-refractivity contribution < 1.29 is 4.79 Å². The molecule has 0 spiro atoms. The van der Waals surface area contributed by atoms with Gasteiger partial charge in [-0.2, -0.15) is 0 Å². The molecule has 1 aromatic heterocycles. The number of carbonyl (C=O) groups excluding carboxylic acids is 1. The second-order valence-electron chi connectivity index (χ2n) is 6.83. The van der Waals surface area contributed by atoms with Crippen molar-refractivity contribution in [3.05, 3.63) is 71.5 Å². The molecule has 0 fully saturated rings. The lowest BCUT2D eigenvalue weighted by Gasteiger charge is -2.21. The van der Waals surface area contributed by atoms with Crippen LogP contribution in [0.1, 0.15) is 35.5 Å². The number of benzene rings is 2. The zero-order chi connectivity index (χ0) is 20.8. The van der Waals surface area contributed by atoms with Crippen LogP contribution in [0.2, 0.25) is 0 Å². The average molecular weight is 390 g/mol. The van der Waals surface area contributed by atoms with Crippen molar-refractivity contribution in [3.8, 4) is 0 Å². The third-order valence-electron chi connectivity index (χ3n) is 4.86. The Morgan fingerprint density at radius 2 is 1.62 bits per heavy atom. The first-order chi connectivity index (χ1) is 14.0. The summed E-state index contributed by atoms with van der Waals surface area (Å²) in [4.78, 5) is 23.5. The van der Waals surface area contributed by atoms with E-state index < -0.39 is 0 Å². The fourth-order valence-corrected chi connectivity index (χ4v) is 3.21. The quantitative estimate of drug-likeness (QED) is 0.599. The molecule has 2 aromatic carbocycles. The highest BCUT2D eigenvalue weighted by Gasteiger charge is 2.11. The molecule has 0 saturated heterocycles. The number of anilines is 4. The second-order valence-corrected chi connectivity index (χ2v) is 6.83. The maximum absolute atomic E-state index is 12.6. The Hall–Kier alpha value is -3.41. The Balaban J connectivity index is 1.73. The predicted octanol–water partition coefficient (Wildman–Crippen LogP) is 4.94. The summed E-state index contributed by atoms with van der Waals surface area (Å²) < 4.78 is 0. The van der Waals surface area contributed by atoms with Crippen molar-refractivity contribution in [1.29, 1.82) is 0 Å². The zero-order valence-electron chi connectivity index (χ0n) is 17.4. The Labute approximate surface area is 172 Å². The summed E-state index contributed by atoms with van der Waals surface area (Å²) in [6.07, 6.45) is 1.58. The number of nitrogens with one attached hydrogen (secondary N) is 2. The van der Waals surface area contributed by atoms with Gasteiger partial charge >= 0.3 is 0 Å². The molecule has 0 aliphatic carbocycles. The molecule has 0 aliphatic rings. The minimum atomic E-state index is -0.271. The van der Waals surface area contributed by atoms with E-state index in [0.29, 0.717) is 11.6 Å². The van der Waals surface area contributed by atoms with Gasteiger partial charge in [0.05, 0.1) is 0 Å². The molecule has 1 heterocycles. The summed E-state index contributed by atoms with van der Waals surface area (Å²) >= 11 is 0. The molecule has 0 bridgehead atoms. The molecule has 0 aliphatic heterocycles. The standard InChI is InChI=1S/C23H27N5O/c1-5-28(6-2)19-12-10-18(11-13-19)25-22(29)20-14-15-24-23(26-20)27-21-16(3)8-7-9-17(21)4/h7-15H,5-6H2,1-4H3,(H,25,29)(H,24,26,27). The molecule has 0 unspecified atom stereocenters. The van der Waals surface area contributed by atoms with E-state index in [1.54, 1.807) is 12.3 Å². The number of hydrogen-bond donors (Lipinski definition) is 2. The average Bonchev–Trinajstić information content (AvgIpc) is 2.73. The minimum absolute atomic E-state index is 0.271. The highest BCUT2D eigenvalue weighted by molar-refractivity contribution is 6.03. The van der Waals surface area contributed by atoms with E-state index in [4.69, 9.17) is 0 Å². The van der Waals surface area contributed by atoms with Gasteiger partial charge in [-0.3, -0.25) is 4.79 Å². The van der Waals surface area contributed by atoms with E-state index in [1.807, 2.05) is 56.3 Å². The molecule has 0 radical (unpaired) electrons. The molecule has 3 aromatic rings. The lowest BCUT2D eigenvalue weighted by molar-refractivity contribution is 0.102. The molecule has 1 amide bonds. The van der Waals surface area contributed by atoms with E-state index >= 15 is 0 Å². The molecule has 3 rings (SSSR count). The second kappa shape index (κ2) is 9.19. The van der Waals surface area contributed by atoms with Crippen LogP contribution in [0.15, 0.2) is 54.7 Å². The fourth-order valence-electron chi connectivity index (χ4n) is 3.21. The van der Waals surface area contributed by atoms with Gasteiger partial charge in [0, 0.05) is 36.3 Å². The topological polar surface area (TPSA) is 70.2 Å². The van der Waals surface area contributed by atoms with Gasteiger partial charge in [-0.05, 0) is 69.2 Å². The summed E-state index contributed by atoms with van der Waals surface area (Å²) in [6.45, 7) is 10.2. The van der Waals surface area contributed by atoms with Gasteiger partial charge in [0.15, 0.2) is 0 Å². The Kier molecular flexibility index (Phi) is 6.44. The van der Waals surface area contributed by atoms with Gasteiger partial charge in [0.2, 0.25) is 5.95 Å². The summed E-state index contributed by atoms with van der Waals surface area (Å²) in [7, 11) is 0. The summed E-state index contributed by atoms with van der Waals surface area (Å²) in [5.74, 6) is 0.125. The van der Waals surface area contributed by atoms with Crippen molar-refractivity contribution in [3.63, 3.8) is 0 Å². The van der Waals surface area contributed by atoms with E-state index in [9.17, 15) is 4.79 Å². The number of hydrogen-bond acceptors (Lipinski definition) is 5. The zero-order valence-corrected chi connectivity index (χ0v) is 17.4. The van der Waals surface area contributed by atoms with Crippen LogP contribution in [-0.2, 0) is 0 Å². The molecule has 0 saturated carbocycles. The van der Waals surface area contributed by atoms with E-state index in [1.165, 1.54) is 0 Å². The summed E-state index contributed by atoms with van der Waals surface area (Å²) in [5, 5.41) is 6.12. The van der Waals surface area contributed by atoms with Crippen molar-refractivity contribution in [2.75, 3.05) is 28.6 Å². The Morgan fingerprint density at radius 3 is 2.24 bits per heavy atom. The molecule has 150 valence electrons. The smallest absolute Gasteiger partial charge is 0.274 e. The number of rotatable bonds is 7. The van der Waals surface area contributed by atoms with Crippen LogP contribution < -0.4 is 15.5 Å². The predicted molar refractivity (Wildman–Crippen MR) is 119 cm³/mol. The van der Waals surface area contributed by atoms with Crippen LogP contribution in [0.4, 0.5) is 23.0 Å². The molecule has 2 N–H and O–H groups in total. The lowest BCUT2D eigenvalue weighted by Crippen LogP contribution is -2.21. The normalized spacial score (nSPS) is 10.5. The van der Waals surface area contributed by atoms with E-state index in [-0.39, 0.29) is 5.91 Å². The highest BCUT2D eigenvalue weighted by atomic mass is 16.1. The van der Waals surface area contributed by atoms with Gasteiger partial charge in [0.25, 0.3) is 5.91 Å². The first-order valence-electron chi connectivity index (χ1n) is 9.84. The number of amides is 1. The Morgan fingerprint density at radius 1 is 0.966 bits per heavy atom. The number of carbonyl (C=O) groups is 1. The van der Waals surface area contributed by atoms with Gasteiger partial charge in [-0.1, -0.05) is 18.2 Å². The first kappa shape index (κ1) is 20.3. The number of aromatic nitrogens is 2. The third-order valence-corrected chi connectivity index (χ3v) is 4.86. The fraction of sp³-hybridized carbons (Fsp3) is 0.261. The van der Waals surface area contributed by atoms with E-state index in [2.05, 4.69) is 39.3 Å². The lowest BCUT2D eigenvalue weighted by atomic mass is 10.1. The summed E-state index contributed by atoms with van der Waals surface area (Å²) in [6, 6.07) is 15.5. The number of nitrogens with zero attached hydrogens (tertiary/aromatic N) is 3. The minimum Gasteiger partial charge on any atom is -0.372 e. The van der Waals surface area contributed by atoms with Crippen LogP contribution in [-0.4, -0.2) is 29.0 Å². The molecule has 6 nitrogen and oxygen atoms in total. The van der Waals surface area contributed by atoms with Crippen molar-refractivity contribution in [2.45, 2.75) is 27.7 Å². The highest BCUT2D eigenvalue weighted by Crippen LogP contribution is 2.23. The maximum Gasteiger partial charge on any atom is 0.274 e. The molecular weight excluding hydrogens is 362 g/mol. The van der Waals surface area contributed by atoms with Crippen molar-refractivity contribution in [1.82, 2.24) is 9.97 Å². The Bertz CT molecular complexity index is 961. The van der Waals surface area contributed by atoms with Gasteiger partial charge in [-0.25, -0.2) is 9.97 Å². The largest absolute Gasteiger partial charge is 0.372 e. The van der Waals surface area contributed by atoms with Crippen LogP contribution in [0.3, 0.4) is 0 Å². The monoisotopic (exact) mass is 389 g/mol. The number of para-hydroxylation sites is 1. The van der Waals surface area contributed by atoms with Gasteiger partial charge in [0.1, 0.15) is 5.69 Å². The third kappa shape index (κ3) is 4.90. The van der Waals surface area contributed by atoms with Crippen molar-refractivity contribution in [2.24, 2.45) is 0 Å². The van der Waals surface area contributed by atoms with Crippen LogP contribution in [0, 0.1) is 13.8 Å². The summed E-state index contributed by atoms with van der Waals surface area (Å²) in [5.41, 5.74) is 5.32. The first-order valence-corrected chi connectivity index (χ1v) is 9.84. The van der Waals surface area contributed by atoms with Gasteiger partial charge in [-0.15, -0.1) is 0 Å².